The smallest absolute Gasteiger partial charge is 0.0710 e. The minimum Gasteiger partial charge on any atom is -0.389 e. The molecule has 1 N–H and O–H groups in total. The molecule has 0 saturated carbocycles. The molecule has 2 heterocycles. The van der Waals surface area contributed by atoms with Crippen LogP contribution in [-0.4, -0.2) is 48.0 Å². The Hall–Kier alpha value is -0.120. The molecule has 0 aromatic carbocycles. The zero-order valence-corrected chi connectivity index (χ0v) is 11.3. The molecule has 2 aliphatic heterocycles. The third-order valence-electron chi connectivity index (χ3n) is 4.54. The highest BCUT2D eigenvalue weighted by Gasteiger charge is 2.39. The number of hydrogen-bond acceptors (Lipinski definition) is 3. The number of likely N-dealkylation sites (tertiary alicyclic amines) is 1. The number of ether oxygens (including phenoxy) is 1. The van der Waals surface area contributed by atoms with Gasteiger partial charge in [0.15, 0.2) is 0 Å². The quantitative estimate of drug-likeness (QED) is 0.803. The van der Waals surface area contributed by atoms with Crippen LogP contribution in [0.25, 0.3) is 0 Å². The number of aliphatic hydroxyl groups is 1. The van der Waals surface area contributed by atoms with Gasteiger partial charge in [-0.05, 0) is 52.5 Å². The first kappa shape index (κ1) is 13.3. The Morgan fingerprint density at radius 2 is 2.06 bits per heavy atom. The average Bonchev–Trinajstić information content (AvgIpc) is 2.54. The van der Waals surface area contributed by atoms with E-state index in [9.17, 15) is 5.11 Å². The molecule has 100 valence electrons. The molecular formula is C14H27NO2. The number of hydrogen-bond donors (Lipinski definition) is 1. The van der Waals surface area contributed by atoms with Gasteiger partial charge in [-0.15, -0.1) is 0 Å². The summed E-state index contributed by atoms with van der Waals surface area (Å²) in [6, 6.07) is 0.597. The van der Waals surface area contributed by atoms with Crippen molar-refractivity contribution in [3.63, 3.8) is 0 Å². The molecule has 2 saturated heterocycles. The normalized spacial score (nSPS) is 37.1. The third-order valence-corrected chi connectivity index (χ3v) is 4.54. The number of rotatable bonds is 2. The Labute approximate surface area is 105 Å². The SMILES string of the molecule is CC(C)N1CCCC(O)(C2CCCOC2)CC1. The van der Waals surface area contributed by atoms with Crippen LogP contribution in [0.1, 0.15) is 46.0 Å². The van der Waals surface area contributed by atoms with Gasteiger partial charge in [0, 0.05) is 25.1 Å². The fourth-order valence-corrected chi connectivity index (χ4v) is 3.25. The van der Waals surface area contributed by atoms with Crippen LogP contribution in [0.5, 0.6) is 0 Å². The molecule has 2 rings (SSSR count). The first-order valence-electron chi connectivity index (χ1n) is 7.16. The van der Waals surface area contributed by atoms with Crippen molar-refractivity contribution in [2.24, 2.45) is 5.92 Å². The summed E-state index contributed by atoms with van der Waals surface area (Å²) in [5.41, 5.74) is -0.468. The van der Waals surface area contributed by atoms with Crippen LogP contribution in [0.4, 0.5) is 0 Å². The molecule has 0 spiro atoms. The molecule has 2 fully saturated rings. The topological polar surface area (TPSA) is 32.7 Å². The molecule has 0 aromatic rings. The second-order valence-electron chi connectivity index (χ2n) is 6.00. The Bertz CT molecular complexity index is 238. The van der Waals surface area contributed by atoms with Gasteiger partial charge < -0.3 is 14.7 Å². The highest BCUT2D eigenvalue weighted by molar-refractivity contribution is 4.91. The van der Waals surface area contributed by atoms with Gasteiger partial charge in [0.25, 0.3) is 0 Å². The highest BCUT2D eigenvalue weighted by Crippen LogP contribution is 2.35. The van der Waals surface area contributed by atoms with Gasteiger partial charge in [-0.1, -0.05) is 0 Å². The summed E-state index contributed by atoms with van der Waals surface area (Å²) in [5, 5.41) is 10.9. The summed E-state index contributed by atoms with van der Waals surface area (Å²) in [6.07, 6.45) is 5.23. The summed E-state index contributed by atoms with van der Waals surface area (Å²) in [4.78, 5) is 2.49. The molecule has 3 nitrogen and oxygen atoms in total. The van der Waals surface area contributed by atoms with Gasteiger partial charge in [0.1, 0.15) is 0 Å². The van der Waals surface area contributed by atoms with Crippen LogP contribution in [0, 0.1) is 5.92 Å². The molecule has 0 amide bonds. The van der Waals surface area contributed by atoms with Crippen LogP contribution in [0.15, 0.2) is 0 Å². The van der Waals surface area contributed by atoms with Gasteiger partial charge in [-0.3, -0.25) is 0 Å². The van der Waals surface area contributed by atoms with E-state index in [1.54, 1.807) is 0 Å². The molecule has 0 radical (unpaired) electrons. The van der Waals surface area contributed by atoms with Crippen molar-refractivity contribution in [3.05, 3.63) is 0 Å². The Morgan fingerprint density at radius 3 is 2.71 bits per heavy atom. The molecule has 0 aliphatic carbocycles. The fourth-order valence-electron chi connectivity index (χ4n) is 3.25. The van der Waals surface area contributed by atoms with Gasteiger partial charge >= 0.3 is 0 Å². The van der Waals surface area contributed by atoms with E-state index >= 15 is 0 Å². The van der Waals surface area contributed by atoms with E-state index in [1.165, 1.54) is 0 Å². The van der Waals surface area contributed by atoms with Crippen molar-refractivity contribution in [1.82, 2.24) is 4.90 Å². The highest BCUT2D eigenvalue weighted by atomic mass is 16.5. The van der Waals surface area contributed by atoms with E-state index in [1.807, 2.05) is 0 Å². The lowest BCUT2D eigenvalue weighted by molar-refractivity contribution is -0.0867. The summed E-state index contributed by atoms with van der Waals surface area (Å²) in [5.74, 6) is 0.364. The molecule has 2 aliphatic rings. The van der Waals surface area contributed by atoms with E-state index in [0.29, 0.717) is 12.0 Å². The second-order valence-corrected chi connectivity index (χ2v) is 6.00. The van der Waals surface area contributed by atoms with Gasteiger partial charge in [0.05, 0.1) is 12.2 Å². The standard InChI is InChI=1S/C14H27NO2/c1-12(2)15-8-4-6-14(16,7-9-15)13-5-3-10-17-11-13/h12-13,16H,3-11H2,1-2H3. The van der Waals surface area contributed by atoms with Crippen LogP contribution >= 0.6 is 0 Å². The zero-order chi connectivity index (χ0) is 12.3. The van der Waals surface area contributed by atoms with Crippen LogP contribution in [-0.2, 0) is 4.74 Å². The first-order valence-corrected chi connectivity index (χ1v) is 7.16. The maximum atomic E-state index is 10.9. The lowest BCUT2D eigenvalue weighted by Crippen LogP contribution is -2.43. The predicted molar refractivity (Wildman–Crippen MR) is 69.1 cm³/mol. The Morgan fingerprint density at radius 1 is 1.24 bits per heavy atom. The predicted octanol–water partition coefficient (Wildman–Crippen LogP) is 2.04. The molecule has 2 atom stereocenters. The molecular weight excluding hydrogens is 214 g/mol. The van der Waals surface area contributed by atoms with Crippen molar-refractivity contribution in [2.75, 3.05) is 26.3 Å². The average molecular weight is 241 g/mol. The molecule has 3 heteroatoms. The van der Waals surface area contributed by atoms with Gasteiger partial charge in [0.2, 0.25) is 0 Å². The van der Waals surface area contributed by atoms with Crippen molar-refractivity contribution in [3.8, 4) is 0 Å². The summed E-state index contributed by atoms with van der Waals surface area (Å²) < 4.78 is 5.54. The summed E-state index contributed by atoms with van der Waals surface area (Å²) in [7, 11) is 0. The maximum Gasteiger partial charge on any atom is 0.0710 e. The summed E-state index contributed by atoms with van der Waals surface area (Å²) in [6.45, 7) is 8.29. The van der Waals surface area contributed by atoms with Crippen molar-refractivity contribution >= 4 is 0 Å². The van der Waals surface area contributed by atoms with E-state index < -0.39 is 5.60 Å². The van der Waals surface area contributed by atoms with Crippen LogP contribution < -0.4 is 0 Å². The lowest BCUT2D eigenvalue weighted by atomic mass is 9.78. The van der Waals surface area contributed by atoms with Gasteiger partial charge in [-0.25, -0.2) is 0 Å². The largest absolute Gasteiger partial charge is 0.389 e. The van der Waals surface area contributed by atoms with E-state index in [0.717, 1.165) is 58.4 Å². The molecule has 0 aromatic heterocycles. The van der Waals surface area contributed by atoms with Crippen molar-refractivity contribution in [2.45, 2.75) is 57.6 Å². The van der Waals surface area contributed by atoms with Crippen LogP contribution in [0.2, 0.25) is 0 Å². The molecule has 2 unspecified atom stereocenters. The summed E-state index contributed by atoms with van der Waals surface area (Å²) >= 11 is 0. The molecule has 0 bridgehead atoms. The first-order chi connectivity index (χ1) is 8.12. The Kier molecular flexibility index (Phi) is 4.45. The monoisotopic (exact) mass is 241 g/mol. The maximum absolute atomic E-state index is 10.9. The minimum absolute atomic E-state index is 0.364. The van der Waals surface area contributed by atoms with E-state index in [4.69, 9.17) is 4.74 Å². The van der Waals surface area contributed by atoms with Crippen molar-refractivity contribution < 1.29 is 9.84 Å². The van der Waals surface area contributed by atoms with Crippen molar-refractivity contribution in [1.29, 1.82) is 0 Å². The fraction of sp³-hybridized carbons (Fsp3) is 1.00. The van der Waals surface area contributed by atoms with Gasteiger partial charge in [-0.2, -0.15) is 0 Å². The lowest BCUT2D eigenvalue weighted by Gasteiger charge is -2.38. The second kappa shape index (κ2) is 5.68. The van der Waals surface area contributed by atoms with E-state index in [2.05, 4.69) is 18.7 Å². The number of nitrogens with zero attached hydrogens (tertiary/aromatic N) is 1. The zero-order valence-electron chi connectivity index (χ0n) is 11.3. The molecule has 17 heavy (non-hydrogen) atoms. The third kappa shape index (κ3) is 3.21. The minimum atomic E-state index is -0.468. The Balaban J connectivity index is 1.95. The van der Waals surface area contributed by atoms with E-state index in [-0.39, 0.29) is 0 Å². The van der Waals surface area contributed by atoms with Crippen LogP contribution in [0.3, 0.4) is 0 Å².